The van der Waals surface area contributed by atoms with E-state index in [4.69, 9.17) is 0 Å². The lowest BCUT2D eigenvalue weighted by Crippen LogP contribution is -2.50. The number of carbonyl (C=O) groups excluding carboxylic acids is 1. The Bertz CT molecular complexity index is 692. The van der Waals surface area contributed by atoms with Crippen LogP contribution in [0.1, 0.15) is 47.7 Å². The zero-order valence-electron chi connectivity index (χ0n) is 12.8. The number of aromatic nitrogens is 2. The summed E-state index contributed by atoms with van der Waals surface area (Å²) in [7, 11) is 0. The van der Waals surface area contributed by atoms with Crippen molar-refractivity contribution in [2.75, 3.05) is 13.1 Å². The predicted molar refractivity (Wildman–Crippen MR) is 84.7 cm³/mol. The van der Waals surface area contributed by atoms with Gasteiger partial charge >= 0.3 is 0 Å². The van der Waals surface area contributed by atoms with E-state index in [1.165, 1.54) is 18.4 Å². The number of amides is 1. The number of hydrogen-bond donors (Lipinski definition) is 1. The van der Waals surface area contributed by atoms with Gasteiger partial charge in [-0.15, -0.1) is 0 Å². The fraction of sp³-hybridized carbons (Fsp3) is 0.389. The van der Waals surface area contributed by atoms with Crippen molar-refractivity contribution in [3.05, 3.63) is 59.7 Å². The zero-order chi connectivity index (χ0) is 15.8. The summed E-state index contributed by atoms with van der Waals surface area (Å²) in [4.78, 5) is 22.9. The molecular weight excluding hydrogens is 290 g/mol. The van der Waals surface area contributed by atoms with E-state index in [-0.39, 0.29) is 11.8 Å². The van der Waals surface area contributed by atoms with Crippen LogP contribution in [0, 0.1) is 0 Å². The van der Waals surface area contributed by atoms with Gasteiger partial charge in [-0.25, -0.2) is 9.97 Å². The van der Waals surface area contributed by atoms with Crippen LogP contribution in [0.2, 0.25) is 0 Å². The molecule has 1 aromatic carbocycles. The molecule has 0 unspecified atom stereocenters. The van der Waals surface area contributed by atoms with Crippen LogP contribution >= 0.6 is 0 Å². The van der Waals surface area contributed by atoms with Gasteiger partial charge < -0.3 is 10.0 Å². The highest BCUT2D eigenvalue weighted by Crippen LogP contribution is 2.39. The van der Waals surface area contributed by atoms with E-state index >= 15 is 0 Å². The third kappa shape index (κ3) is 2.84. The highest BCUT2D eigenvalue weighted by molar-refractivity contribution is 5.83. The van der Waals surface area contributed by atoms with E-state index in [1.54, 1.807) is 17.0 Å². The van der Waals surface area contributed by atoms with Crippen molar-refractivity contribution in [3.63, 3.8) is 0 Å². The van der Waals surface area contributed by atoms with Crippen molar-refractivity contribution >= 4 is 5.91 Å². The molecule has 2 heterocycles. The minimum Gasteiger partial charge on any atom is -0.378 e. The fourth-order valence-corrected chi connectivity index (χ4v) is 2.96. The molecule has 118 valence electrons. The van der Waals surface area contributed by atoms with Crippen molar-refractivity contribution in [2.45, 2.75) is 30.8 Å². The number of hydrogen-bond acceptors (Lipinski definition) is 4. The lowest BCUT2D eigenvalue weighted by molar-refractivity contribution is -0.145. The van der Waals surface area contributed by atoms with Crippen LogP contribution in [0.4, 0.5) is 0 Å². The van der Waals surface area contributed by atoms with E-state index < -0.39 is 6.10 Å². The molecule has 1 aliphatic carbocycles. The summed E-state index contributed by atoms with van der Waals surface area (Å²) >= 11 is 0. The monoisotopic (exact) mass is 309 g/mol. The molecule has 1 amide bonds. The van der Waals surface area contributed by atoms with Crippen molar-refractivity contribution in [2.24, 2.45) is 0 Å². The van der Waals surface area contributed by atoms with Gasteiger partial charge in [0.05, 0.1) is 5.92 Å². The smallest absolute Gasteiger partial charge is 0.256 e. The number of nitrogens with zero attached hydrogens (tertiary/aromatic N) is 3. The molecule has 1 aliphatic heterocycles. The molecule has 2 aromatic rings. The van der Waals surface area contributed by atoms with Gasteiger partial charge in [-0.2, -0.15) is 0 Å². The van der Waals surface area contributed by atoms with Gasteiger partial charge in [-0.3, -0.25) is 4.79 Å². The maximum absolute atomic E-state index is 12.3. The summed E-state index contributed by atoms with van der Waals surface area (Å²) in [5, 5.41) is 10.2. The Morgan fingerprint density at radius 2 is 1.74 bits per heavy atom. The summed E-state index contributed by atoms with van der Waals surface area (Å²) in [6.07, 6.45) is 5.24. The molecule has 1 saturated heterocycles. The quantitative estimate of drug-likeness (QED) is 0.938. The average Bonchev–Trinajstić information content (AvgIpc) is 3.39. The third-order valence-electron chi connectivity index (χ3n) is 4.65. The summed E-state index contributed by atoms with van der Waals surface area (Å²) < 4.78 is 0. The average molecular weight is 309 g/mol. The van der Waals surface area contributed by atoms with Gasteiger partial charge in [-0.1, -0.05) is 30.3 Å². The first-order chi connectivity index (χ1) is 11.2. The van der Waals surface area contributed by atoms with Crippen molar-refractivity contribution < 1.29 is 9.90 Å². The first kappa shape index (κ1) is 14.3. The van der Waals surface area contributed by atoms with E-state index in [0.29, 0.717) is 24.6 Å². The van der Waals surface area contributed by atoms with Gasteiger partial charge in [0.1, 0.15) is 5.82 Å². The molecule has 5 heteroatoms. The Labute approximate surface area is 135 Å². The molecular formula is C18H19N3O2. The lowest BCUT2D eigenvalue weighted by Gasteiger charge is -2.39. The second-order valence-electron chi connectivity index (χ2n) is 6.40. The number of benzene rings is 1. The normalized spacial score (nSPS) is 19.3. The van der Waals surface area contributed by atoms with Gasteiger partial charge in [0, 0.05) is 25.5 Å². The van der Waals surface area contributed by atoms with E-state index in [0.717, 1.165) is 5.82 Å². The van der Waals surface area contributed by atoms with Crippen LogP contribution in [-0.2, 0) is 4.79 Å². The maximum Gasteiger partial charge on any atom is 0.256 e. The number of rotatable bonds is 4. The van der Waals surface area contributed by atoms with Crippen LogP contribution in [0.5, 0.6) is 0 Å². The summed E-state index contributed by atoms with van der Waals surface area (Å²) in [6.45, 7) is 1.15. The molecule has 1 atom stereocenters. The van der Waals surface area contributed by atoms with Crippen molar-refractivity contribution in [1.82, 2.24) is 14.9 Å². The highest BCUT2D eigenvalue weighted by Gasteiger charge is 2.36. The van der Waals surface area contributed by atoms with E-state index in [1.807, 2.05) is 30.6 Å². The van der Waals surface area contributed by atoms with Crippen LogP contribution in [0.3, 0.4) is 0 Å². The SMILES string of the molecule is O=C([C@H](O)c1ccccc1)N1CC(c2ncc(C3CC3)cn2)C1. The second kappa shape index (κ2) is 5.74. The second-order valence-corrected chi connectivity index (χ2v) is 6.40. The van der Waals surface area contributed by atoms with Crippen LogP contribution in [0.15, 0.2) is 42.7 Å². The number of likely N-dealkylation sites (tertiary alicyclic amines) is 1. The molecule has 0 radical (unpaired) electrons. The molecule has 2 aliphatic rings. The Kier molecular flexibility index (Phi) is 3.58. The Hall–Kier alpha value is -2.27. The summed E-state index contributed by atoms with van der Waals surface area (Å²) in [5.74, 6) is 1.38. The van der Waals surface area contributed by atoms with Crippen LogP contribution in [-0.4, -0.2) is 39.0 Å². The molecule has 4 rings (SSSR count). The number of carbonyl (C=O) groups is 1. The highest BCUT2D eigenvalue weighted by atomic mass is 16.3. The molecule has 1 saturated carbocycles. The Morgan fingerprint density at radius 1 is 1.09 bits per heavy atom. The molecule has 5 nitrogen and oxygen atoms in total. The summed E-state index contributed by atoms with van der Waals surface area (Å²) in [5.41, 5.74) is 1.85. The van der Waals surface area contributed by atoms with Crippen molar-refractivity contribution in [1.29, 1.82) is 0 Å². The van der Waals surface area contributed by atoms with E-state index in [2.05, 4.69) is 9.97 Å². The molecule has 23 heavy (non-hydrogen) atoms. The van der Waals surface area contributed by atoms with Crippen LogP contribution < -0.4 is 0 Å². The first-order valence-corrected chi connectivity index (χ1v) is 8.06. The fourth-order valence-electron chi connectivity index (χ4n) is 2.96. The number of aliphatic hydroxyl groups is 1. The number of aliphatic hydroxyl groups excluding tert-OH is 1. The topological polar surface area (TPSA) is 66.3 Å². The first-order valence-electron chi connectivity index (χ1n) is 8.06. The third-order valence-corrected chi connectivity index (χ3v) is 4.65. The molecule has 0 spiro atoms. The molecule has 1 aromatic heterocycles. The van der Waals surface area contributed by atoms with E-state index in [9.17, 15) is 9.90 Å². The minimum absolute atomic E-state index is 0.176. The molecule has 2 fully saturated rings. The largest absolute Gasteiger partial charge is 0.378 e. The maximum atomic E-state index is 12.3. The Morgan fingerprint density at radius 3 is 2.35 bits per heavy atom. The molecule has 0 bridgehead atoms. The Balaban J connectivity index is 1.36. The van der Waals surface area contributed by atoms with Crippen molar-refractivity contribution in [3.8, 4) is 0 Å². The predicted octanol–water partition coefficient (Wildman–Crippen LogP) is 2.01. The standard InChI is InChI=1S/C18H19N3O2/c22-16(13-4-2-1-3-5-13)18(23)21-10-15(11-21)17-19-8-14(9-20-17)12-6-7-12/h1-5,8-9,12,15-16,22H,6-7,10-11H2/t16-/m1/s1. The summed E-state index contributed by atoms with van der Waals surface area (Å²) in [6, 6.07) is 9.03. The lowest BCUT2D eigenvalue weighted by atomic mass is 9.97. The zero-order valence-corrected chi connectivity index (χ0v) is 12.8. The van der Waals surface area contributed by atoms with Gasteiger partial charge in [-0.05, 0) is 29.9 Å². The van der Waals surface area contributed by atoms with Crippen LogP contribution in [0.25, 0.3) is 0 Å². The van der Waals surface area contributed by atoms with Gasteiger partial charge in [0.15, 0.2) is 6.10 Å². The van der Waals surface area contributed by atoms with Gasteiger partial charge in [0.2, 0.25) is 0 Å². The van der Waals surface area contributed by atoms with Gasteiger partial charge in [0.25, 0.3) is 5.91 Å². The minimum atomic E-state index is -1.09. The molecule has 1 N–H and O–H groups in total.